The minimum atomic E-state index is -0.315. The number of halogens is 1. The first-order valence-corrected chi connectivity index (χ1v) is 13.3. The van der Waals surface area contributed by atoms with Crippen molar-refractivity contribution in [3.05, 3.63) is 41.9 Å². The molecule has 3 rings (SSSR count). The van der Waals surface area contributed by atoms with E-state index in [0.717, 1.165) is 39.0 Å². The Balaban J connectivity index is 1.73. The van der Waals surface area contributed by atoms with Gasteiger partial charge in [-0.05, 0) is 62.0 Å². The van der Waals surface area contributed by atoms with Crippen molar-refractivity contribution in [2.45, 2.75) is 39.2 Å². The van der Waals surface area contributed by atoms with E-state index in [1.807, 2.05) is 7.05 Å². The van der Waals surface area contributed by atoms with Crippen molar-refractivity contribution in [1.29, 1.82) is 0 Å². The number of piperazine rings is 1. The van der Waals surface area contributed by atoms with Gasteiger partial charge in [0, 0.05) is 51.5 Å². The van der Waals surface area contributed by atoms with Crippen LogP contribution in [0.3, 0.4) is 0 Å². The van der Waals surface area contributed by atoms with Crippen LogP contribution in [0.2, 0.25) is 0 Å². The number of aliphatic imine (C=N–C) groups is 1. The largest absolute Gasteiger partial charge is 0.335 e. The number of hydrogen-bond donors (Lipinski definition) is 3. The summed E-state index contributed by atoms with van der Waals surface area (Å²) in [6.07, 6.45) is 6.04. The van der Waals surface area contributed by atoms with Crippen molar-refractivity contribution in [2.75, 3.05) is 52.9 Å². The number of nitrogens with one attached hydrogen (secondary N) is 2. The van der Waals surface area contributed by atoms with Gasteiger partial charge in [0.1, 0.15) is 11.7 Å². The lowest BCUT2D eigenvalue weighted by molar-refractivity contribution is -0.108. The second kappa shape index (κ2) is 14.2. The molecule has 10 heteroatoms. The van der Waals surface area contributed by atoms with E-state index in [2.05, 4.69) is 39.3 Å². The van der Waals surface area contributed by atoms with Gasteiger partial charge in [-0.3, -0.25) is 15.0 Å². The monoisotopic (exact) mass is 515 g/mol. The number of carbonyl (C=O) groups excluding carboxylic acids is 2. The molecule has 204 valence electrons. The molecule has 1 aromatic carbocycles. The van der Waals surface area contributed by atoms with Crippen LogP contribution in [0.15, 0.2) is 35.5 Å². The first-order valence-electron chi connectivity index (χ1n) is 13.3. The number of carbonyl (C=O) groups is 2. The van der Waals surface area contributed by atoms with Crippen molar-refractivity contribution < 1.29 is 14.0 Å². The van der Waals surface area contributed by atoms with Crippen LogP contribution in [0.1, 0.15) is 32.3 Å². The van der Waals surface area contributed by atoms with E-state index < -0.39 is 0 Å². The molecule has 0 saturated carbocycles. The van der Waals surface area contributed by atoms with Crippen molar-refractivity contribution in [1.82, 2.24) is 25.3 Å². The fourth-order valence-electron chi connectivity index (χ4n) is 5.06. The lowest BCUT2D eigenvalue weighted by Gasteiger charge is -2.32. The Kier molecular flexibility index (Phi) is 11.0. The third-order valence-electron chi connectivity index (χ3n) is 7.41. The number of benzene rings is 1. The number of rotatable bonds is 10. The summed E-state index contributed by atoms with van der Waals surface area (Å²) in [5.41, 5.74) is 6.99. The topological polar surface area (TPSA) is 106 Å². The van der Waals surface area contributed by atoms with Gasteiger partial charge in [0.15, 0.2) is 0 Å². The van der Waals surface area contributed by atoms with Crippen molar-refractivity contribution in [3.63, 3.8) is 0 Å². The summed E-state index contributed by atoms with van der Waals surface area (Å²) in [5, 5.41) is 5.19. The van der Waals surface area contributed by atoms with Crippen LogP contribution >= 0.6 is 0 Å². The van der Waals surface area contributed by atoms with E-state index in [4.69, 9.17) is 5.73 Å². The fraction of sp³-hybridized carbons (Fsp3) is 0.593. The van der Waals surface area contributed by atoms with Crippen LogP contribution in [0.5, 0.6) is 0 Å². The molecule has 2 saturated heterocycles. The molecule has 0 aromatic heterocycles. The Hall–Kier alpha value is -2.82. The summed E-state index contributed by atoms with van der Waals surface area (Å²) in [6, 6.07) is 4.93. The van der Waals surface area contributed by atoms with Gasteiger partial charge in [0.25, 0.3) is 0 Å². The van der Waals surface area contributed by atoms with E-state index in [9.17, 15) is 9.59 Å². The predicted molar refractivity (Wildman–Crippen MR) is 145 cm³/mol. The van der Waals surface area contributed by atoms with Crippen LogP contribution < -0.4 is 16.4 Å². The Bertz CT molecular complexity index is 962. The van der Waals surface area contributed by atoms with Crippen molar-refractivity contribution in [2.24, 2.45) is 22.6 Å². The van der Waals surface area contributed by atoms with Gasteiger partial charge in [-0.15, -0.1) is 0 Å². The molecule has 2 fully saturated rings. The molecular weight excluding hydrogens is 473 g/mol. The molecule has 0 bridgehead atoms. The number of amides is 3. The van der Waals surface area contributed by atoms with Gasteiger partial charge in [0.2, 0.25) is 6.41 Å². The molecule has 37 heavy (non-hydrogen) atoms. The number of amidine groups is 1. The predicted octanol–water partition coefficient (Wildman–Crippen LogP) is 2.31. The van der Waals surface area contributed by atoms with Crippen LogP contribution in [0.4, 0.5) is 14.9 Å². The second-order valence-corrected chi connectivity index (χ2v) is 10.2. The number of hydrogen-bond acceptors (Lipinski definition) is 6. The summed E-state index contributed by atoms with van der Waals surface area (Å²) < 4.78 is 15.2. The number of likely N-dealkylation sites (tertiary alicyclic amines) is 1. The van der Waals surface area contributed by atoms with Crippen LogP contribution in [-0.4, -0.2) is 91.9 Å². The minimum absolute atomic E-state index is 0.216. The molecule has 2 aliphatic rings. The van der Waals surface area contributed by atoms with E-state index in [0.29, 0.717) is 55.6 Å². The molecule has 1 aromatic rings. The summed E-state index contributed by atoms with van der Waals surface area (Å²) in [4.78, 5) is 34.2. The Morgan fingerprint density at radius 3 is 2.65 bits per heavy atom. The van der Waals surface area contributed by atoms with Gasteiger partial charge in [-0.25, -0.2) is 14.2 Å². The Morgan fingerprint density at radius 2 is 2.03 bits per heavy atom. The van der Waals surface area contributed by atoms with Crippen LogP contribution in [0.25, 0.3) is 0 Å². The zero-order valence-electron chi connectivity index (χ0n) is 22.3. The number of urea groups is 1. The van der Waals surface area contributed by atoms with Crippen LogP contribution in [-0.2, 0) is 11.2 Å². The van der Waals surface area contributed by atoms with E-state index in [-0.39, 0.29) is 23.7 Å². The maximum Gasteiger partial charge on any atom is 0.323 e. The molecule has 2 heterocycles. The van der Waals surface area contributed by atoms with E-state index in [1.54, 1.807) is 17.0 Å². The molecule has 9 nitrogen and oxygen atoms in total. The quantitative estimate of drug-likeness (QED) is 0.252. The lowest BCUT2D eigenvalue weighted by atomic mass is 9.99. The molecule has 4 N–H and O–H groups in total. The Labute approximate surface area is 219 Å². The Morgan fingerprint density at radius 1 is 1.27 bits per heavy atom. The highest BCUT2D eigenvalue weighted by molar-refractivity contribution is 6.04. The standard InChI is InChI=1S/C27H42FN7O2/c1-4-5-24(35-17-20(2)22(16-29)18-35)14-21-6-7-23(15-25(21)28)31-26(8-9-30-19-36)32-27(37)34-12-10-33(3)11-13-34/h6-9,15,19-20,22,24H,4-5,10-14,16-18,29H2,1-3H3,(H,30,36)(H,31,32,37)/b9-8-/t20?,22-,24?/m1/s1. The first kappa shape index (κ1) is 28.7. The van der Waals surface area contributed by atoms with Crippen LogP contribution in [0, 0.1) is 17.7 Å². The average molecular weight is 516 g/mol. The van der Waals surface area contributed by atoms with E-state index in [1.165, 1.54) is 18.3 Å². The van der Waals surface area contributed by atoms with Crippen molar-refractivity contribution in [3.8, 4) is 0 Å². The molecule has 2 unspecified atom stereocenters. The fourth-order valence-corrected chi connectivity index (χ4v) is 5.06. The summed E-state index contributed by atoms with van der Waals surface area (Å²) >= 11 is 0. The molecular formula is C27H42FN7O2. The van der Waals surface area contributed by atoms with Crippen molar-refractivity contribution >= 4 is 24.0 Å². The number of likely N-dealkylation sites (N-methyl/N-ethyl adjacent to an activating group) is 1. The third kappa shape index (κ3) is 8.34. The highest BCUT2D eigenvalue weighted by atomic mass is 19.1. The lowest BCUT2D eigenvalue weighted by Crippen LogP contribution is -2.51. The molecule has 3 amide bonds. The molecule has 2 aliphatic heterocycles. The average Bonchev–Trinajstić information content (AvgIpc) is 3.26. The smallest absolute Gasteiger partial charge is 0.323 e. The van der Waals surface area contributed by atoms with Gasteiger partial charge in [-0.2, -0.15) is 0 Å². The molecule has 0 spiro atoms. The van der Waals surface area contributed by atoms with Gasteiger partial charge in [0.05, 0.1) is 5.69 Å². The molecule has 3 atom stereocenters. The van der Waals surface area contributed by atoms with Gasteiger partial charge >= 0.3 is 6.03 Å². The molecule has 0 aliphatic carbocycles. The zero-order valence-corrected chi connectivity index (χ0v) is 22.3. The minimum Gasteiger partial charge on any atom is -0.335 e. The SMILES string of the molecule is CCCC(Cc1ccc(N=C(/C=C\NC=O)NC(=O)N2CCN(C)CC2)cc1F)N1CC(C)[C@H](CN)C1. The molecule has 0 radical (unpaired) electrons. The summed E-state index contributed by atoms with van der Waals surface area (Å²) in [5.74, 6) is 0.937. The maximum absolute atomic E-state index is 15.2. The normalized spacial score (nSPS) is 22.4. The van der Waals surface area contributed by atoms with E-state index >= 15 is 4.39 Å². The van der Waals surface area contributed by atoms with Gasteiger partial charge in [-0.1, -0.05) is 26.3 Å². The number of nitrogens with zero attached hydrogens (tertiary/aromatic N) is 4. The summed E-state index contributed by atoms with van der Waals surface area (Å²) in [6.45, 7) is 9.83. The highest BCUT2D eigenvalue weighted by Gasteiger charge is 2.32. The third-order valence-corrected chi connectivity index (χ3v) is 7.41. The maximum atomic E-state index is 15.2. The van der Waals surface area contributed by atoms with Gasteiger partial charge < -0.3 is 20.9 Å². The highest BCUT2D eigenvalue weighted by Crippen LogP contribution is 2.28. The first-order chi connectivity index (χ1) is 17.8. The second-order valence-electron chi connectivity index (χ2n) is 10.2. The number of nitrogens with two attached hydrogens (primary N) is 1. The summed E-state index contributed by atoms with van der Waals surface area (Å²) in [7, 11) is 2.02. The zero-order chi connectivity index (χ0) is 26.8.